The molecule has 10 nitrogen and oxygen atoms in total. The summed E-state index contributed by atoms with van der Waals surface area (Å²) in [6.07, 6.45) is 1.68. The van der Waals surface area contributed by atoms with E-state index in [4.69, 9.17) is 4.74 Å². The van der Waals surface area contributed by atoms with Gasteiger partial charge in [0.15, 0.2) is 0 Å². The van der Waals surface area contributed by atoms with Gasteiger partial charge in [-0.15, -0.1) is 0 Å². The minimum absolute atomic E-state index is 0.0200. The number of carbonyl (C=O) groups excluding carboxylic acids is 1. The van der Waals surface area contributed by atoms with Gasteiger partial charge in [0, 0.05) is 48.0 Å². The smallest absolute Gasteiger partial charge is 0.270 e. The Balaban J connectivity index is 1.52. The van der Waals surface area contributed by atoms with Gasteiger partial charge in [0.2, 0.25) is 15.9 Å². The molecular formula is C21H22N4O6S. The number of benzene rings is 2. The topological polar surface area (TPSA) is 124 Å². The van der Waals surface area contributed by atoms with Crippen molar-refractivity contribution in [1.82, 2.24) is 8.87 Å². The van der Waals surface area contributed by atoms with Gasteiger partial charge >= 0.3 is 0 Å². The van der Waals surface area contributed by atoms with Crippen LogP contribution in [-0.4, -0.2) is 54.4 Å². The number of hydrogen-bond acceptors (Lipinski definition) is 6. The zero-order chi connectivity index (χ0) is 22.9. The molecule has 2 aromatic carbocycles. The molecule has 4 rings (SSSR count). The molecule has 2 heterocycles. The number of anilines is 1. The molecular weight excluding hydrogens is 436 g/mol. The predicted molar refractivity (Wildman–Crippen MR) is 118 cm³/mol. The second kappa shape index (κ2) is 8.69. The van der Waals surface area contributed by atoms with Gasteiger partial charge in [-0.2, -0.15) is 4.31 Å². The summed E-state index contributed by atoms with van der Waals surface area (Å²) in [5, 5.41) is 14.3. The highest BCUT2D eigenvalue weighted by molar-refractivity contribution is 7.89. The maximum Gasteiger partial charge on any atom is 0.270 e. The number of ether oxygens (including phenoxy) is 1. The maximum absolute atomic E-state index is 13.0. The van der Waals surface area contributed by atoms with Gasteiger partial charge in [0.25, 0.3) is 5.69 Å². The molecule has 32 heavy (non-hydrogen) atoms. The summed E-state index contributed by atoms with van der Waals surface area (Å²) in [6.45, 7) is 2.96. The summed E-state index contributed by atoms with van der Waals surface area (Å²) in [7, 11) is -3.70. The first-order valence-electron chi connectivity index (χ1n) is 9.97. The summed E-state index contributed by atoms with van der Waals surface area (Å²) in [5.41, 5.74) is 1.63. The normalized spacial score (nSPS) is 15.0. The second-order valence-corrected chi connectivity index (χ2v) is 9.40. The quantitative estimate of drug-likeness (QED) is 0.447. The third-order valence-electron chi connectivity index (χ3n) is 5.34. The van der Waals surface area contributed by atoms with Crippen LogP contribution in [0.3, 0.4) is 0 Å². The van der Waals surface area contributed by atoms with Crippen molar-refractivity contribution in [3.8, 4) is 0 Å². The van der Waals surface area contributed by atoms with Gasteiger partial charge in [-0.05, 0) is 36.8 Å². The Morgan fingerprint density at radius 3 is 2.62 bits per heavy atom. The molecule has 0 unspecified atom stereocenters. The number of hydrogen-bond donors (Lipinski definition) is 1. The molecule has 1 aromatic heterocycles. The average Bonchev–Trinajstić information content (AvgIpc) is 3.17. The lowest BCUT2D eigenvalue weighted by molar-refractivity contribution is -0.384. The number of aromatic nitrogens is 1. The van der Waals surface area contributed by atoms with E-state index < -0.39 is 14.9 Å². The van der Waals surface area contributed by atoms with Crippen LogP contribution in [-0.2, 0) is 26.1 Å². The predicted octanol–water partition coefficient (Wildman–Crippen LogP) is 2.52. The monoisotopic (exact) mass is 458 g/mol. The van der Waals surface area contributed by atoms with Crippen LogP contribution in [0.2, 0.25) is 0 Å². The van der Waals surface area contributed by atoms with Crippen LogP contribution >= 0.6 is 0 Å². The van der Waals surface area contributed by atoms with Crippen molar-refractivity contribution in [3.63, 3.8) is 0 Å². The Hall–Kier alpha value is -3.28. The van der Waals surface area contributed by atoms with Crippen molar-refractivity contribution in [1.29, 1.82) is 0 Å². The molecule has 1 aliphatic heterocycles. The molecule has 0 saturated carbocycles. The molecule has 1 saturated heterocycles. The standard InChI is InChI=1S/C21H22N4O6S/c1-15-2-3-17(13-20(15)32(29,30)24-8-10-31-11-9-24)22-21(26)14-23-7-6-16-12-18(25(27)28)4-5-19(16)23/h2-7,12-13H,8-11,14H2,1H3,(H,22,26). The molecule has 1 aliphatic rings. The van der Waals surface area contributed by atoms with Crippen LogP contribution in [0.4, 0.5) is 11.4 Å². The number of nitrogens with zero attached hydrogens (tertiary/aromatic N) is 3. The van der Waals surface area contributed by atoms with E-state index in [1.54, 1.807) is 42.0 Å². The highest BCUT2D eigenvalue weighted by Gasteiger charge is 2.28. The molecule has 168 valence electrons. The summed E-state index contributed by atoms with van der Waals surface area (Å²) >= 11 is 0. The van der Waals surface area contributed by atoms with E-state index in [9.17, 15) is 23.3 Å². The molecule has 0 spiro atoms. The number of nitrogens with one attached hydrogen (secondary N) is 1. The third kappa shape index (κ3) is 4.35. The molecule has 1 amide bonds. The minimum Gasteiger partial charge on any atom is -0.379 e. The highest BCUT2D eigenvalue weighted by Crippen LogP contribution is 2.25. The lowest BCUT2D eigenvalue weighted by Crippen LogP contribution is -2.40. The molecule has 1 fully saturated rings. The second-order valence-electron chi connectivity index (χ2n) is 7.49. The maximum atomic E-state index is 13.0. The number of fused-ring (bicyclic) bond motifs is 1. The number of nitro benzene ring substituents is 1. The van der Waals surface area contributed by atoms with Gasteiger partial charge in [-0.25, -0.2) is 8.42 Å². The van der Waals surface area contributed by atoms with E-state index in [2.05, 4.69) is 5.32 Å². The fraction of sp³-hybridized carbons (Fsp3) is 0.286. The number of rotatable bonds is 6. The minimum atomic E-state index is -3.70. The Morgan fingerprint density at radius 2 is 1.91 bits per heavy atom. The Bertz CT molecular complexity index is 1290. The van der Waals surface area contributed by atoms with Gasteiger partial charge in [-0.3, -0.25) is 14.9 Å². The fourth-order valence-corrected chi connectivity index (χ4v) is 5.33. The van der Waals surface area contributed by atoms with E-state index in [1.165, 1.54) is 22.5 Å². The van der Waals surface area contributed by atoms with Crippen molar-refractivity contribution in [2.45, 2.75) is 18.4 Å². The molecule has 0 bridgehead atoms. The number of nitro groups is 1. The van der Waals surface area contributed by atoms with Crippen molar-refractivity contribution in [2.24, 2.45) is 0 Å². The summed E-state index contributed by atoms with van der Waals surface area (Å²) < 4.78 is 34.4. The lowest BCUT2D eigenvalue weighted by atomic mass is 10.2. The summed E-state index contributed by atoms with van der Waals surface area (Å²) in [4.78, 5) is 23.2. The molecule has 0 aliphatic carbocycles. The molecule has 11 heteroatoms. The SMILES string of the molecule is Cc1ccc(NC(=O)Cn2ccc3cc([N+](=O)[O-])ccc32)cc1S(=O)(=O)N1CCOCC1. The zero-order valence-corrected chi connectivity index (χ0v) is 18.2. The Morgan fingerprint density at radius 1 is 1.16 bits per heavy atom. The van der Waals surface area contributed by atoms with Crippen LogP contribution in [0.25, 0.3) is 10.9 Å². The van der Waals surface area contributed by atoms with Crippen LogP contribution < -0.4 is 5.32 Å². The number of sulfonamides is 1. The zero-order valence-electron chi connectivity index (χ0n) is 17.4. The Labute approximate surface area is 184 Å². The van der Waals surface area contributed by atoms with Crippen molar-refractivity contribution < 1.29 is 22.9 Å². The number of carbonyl (C=O) groups is 1. The van der Waals surface area contributed by atoms with Crippen molar-refractivity contribution in [2.75, 3.05) is 31.6 Å². The molecule has 3 aromatic rings. The van der Waals surface area contributed by atoms with E-state index >= 15 is 0 Å². The van der Waals surface area contributed by atoms with Gasteiger partial charge in [0.05, 0.1) is 23.0 Å². The summed E-state index contributed by atoms with van der Waals surface area (Å²) in [5.74, 6) is -0.348. The number of amides is 1. The summed E-state index contributed by atoms with van der Waals surface area (Å²) in [6, 6.07) is 10.9. The molecule has 0 atom stereocenters. The Kier molecular flexibility index (Phi) is 5.96. The van der Waals surface area contributed by atoms with Gasteiger partial charge < -0.3 is 14.6 Å². The van der Waals surface area contributed by atoms with Crippen LogP contribution in [0.5, 0.6) is 0 Å². The van der Waals surface area contributed by atoms with Gasteiger partial charge in [-0.1, -0.05) is 6.07 Å². The largest absolute Gasteiger partial charge is 0.379 e. The number of non-ortho nitro benzene ring substituents is 1. The fourth-order valence-electron chi connectivity index (χ4n) is 3.68. The van der Waals surface area contributed by atoms with E-state index in [0.29, 0.717) is 35.4 Å². The van der Waals surface area contributed by atoms with Crippen molar-refractivity contribution >= 4 is 38.2 Å². The first-order valence-corrected chi connectivity index (χ1v) is 11.4. The van der Waals surface area contributed by atoms with E-state index in [0.717, 1.165) is 0 Å². The number of morpholine rings is 1. The van der Waals surface area contributed by atoms with E-state index in [1.807, 2.05) is 0 Å². The first kappa shape index (κ1) is 21.9. The molecule has 0 radical (unpaired) electrons. The lowest BCUT2D eigenvalue weighted by Gasteiger charge is -2.26. The third-order valence-corrected chi connectivity index (χ3v) is 7.38. The number of aryl methyl sites for hydroxylation is 1. The van der Waals surface area contributed by atoms with Crippen molar-refractivity contribution in [3.05, 3.63) is 64.3 Å². The van der Waals surface area contributed by atoms with Crippen LogP contribution in [0.15, 0.2) is 53.6 Å². The van der Waals surface area contributed by atoms with E-state index in [-0.39, 0.29) is 36.1 Å². The van der Waals surface area contributed by atoms with Gasteiger partial charge in [0.1, 0.15) is 6.54 Å². The average molecular weight is 458 g/mol. The molecule has 1 N–H and O–H groups in total. The van der Waals surface area contributed by atoms with Crippen LogP contribution in [0, 0.1) is 17.0 Å². The van der Waals surface area contributed by atoms with Crippen LogP contribution in [0.1, 0.15) is 5.56 Å². The first-order chi connectivity index (χ1) is 15.3. The highest BCUT2D eigenvalue weighted by atomic mass is 32.2.